The van der Waals surface area contributed by atoms with E-state index in [0.29, 0.717) is 5.02 Å². The lowest BCUT2D eigenvalue weighted by atomic mass is 10.1. The molecule has 0 aliphatic carbocycles. The molecule has 0 saturated heterocycles. The summed E-state index contributed by atoms with van der Waals surface area (Å²) in [4.78, 5) is 11.3. The first-order valence-corrected chi connectivity index (χ1v) is 6.19. The molecule has 0 aliphatic rings. The van der Waals surface area contributed by atoms with Crippen molar-refractivity contribution < 1.29 is 4.79 Å². The van der Waals surface area contributed by atoms with E-state index < -0.39 is 5.91 Å². The largest absolute Gasteiger partial charge is 0.365 e. The number of rotatable bonds is 3. The number of pyridine rings is 1. The molecule has 1 amide bonds. The maximum atomic E-state index is 11.3. The first-order valence-electron chi connectivity index (χ1n) is 5.81. The van der Waals surface area contributed by atoms with Crippen LogP contribution in [0.3, 0.4) is 0 Å². The van der Waals surface area contributed by atoms with Gasteiger partial charge < -0.3 is 10.3 Å². The number of nitrogens with one attached hydrogen (secondary N) is 1. The summed E-state index contributed by atoms with van der Waals surface area (Å²) in [6.07, 6.45) is 1.63. The Morgan fingerprint density at radius 3 is 2.58 bits per heavy atom. The molecule has 1 atom stereocenters. The Kier molecular flexibility index (Phi) is 3.71. The molecule has 0 spiro atoms. The molecule has 0 aliphatic heterocycles. The van der Waals surface area contributed by atoms with Crippen molar-refractivity contribution in [2.45, 2.75) is 13.0 Å². The van der Waals surface area contributed by atoms with Crippen molar-refractivity contribution in [2.24, 2.45) is 5.73 Å². The third-order valence-corrected chi connectivity index (χ3v) is 3.23. The van der Waals surface area contributed by atoms with Crippen LogP contribution in [0.2, 0.25) is 5.02 Å². The zero-order valence-corrected chi connectivity index (χ0v) is 11.2. The molecule has 1 aromatic carbocycles. The Labute approximate surface area is 116 Å². The minimum atomic E-state index is -0.651. The average Bonchev–Trinajstić information content (AvgIpc) is 2.41. The van der Waals surface area contributed by atoms with Crippen molar-refractivity contribution in [1.82, 2.24) is 4.57 Å². The molecule has 0 bridgehead atoms. The molecule has 0 saturated carbocycles. The Balaban J connectivity index is 2.57. The number of hydrogen-bond acceptors (Lipinski definition) is 2. The predicted molar refractivity (Wildman–Crippen MR) is 74.1 cm³/mol. The summed E-state index contributed by atoms with van der Waals surface area (Å²) >= 11 is 5.99. The molecule has 1 heterocycles. The quantitative estimate of drug-likeness (QED) is 0.887. The van der Waals surface area contributed by atoms with Gasteiger partial charge in [0.1, 0.15) is 5.49 Å². The average molecular weight is 276 g/mol. The van der Waals surface area contributed by atoms with Gasteiger partial charge in [0, 0.05) is 6.20 Å². The Bertz CT molecular complexity index is 664. The number of benzene rings is 1. The van der Waals surface area contributed by atoms with Crippen LogP contribution in [-0.2, 0) is 0 Å². The SMILES string of the molecule is C[C@@H](c1ccccc1)n1cc(Cl)cc(C(N)=O)c1=N. The Morgan fingerprint density at radius 1 is 1.37 bits per heavy atom. The summed E-state index contributed by atoms with van der Waals surface area (Å²) in [7, 11) is 0. The van der Waals surface area contributed by atoms with Gasteiger partial charge in [0.05, 0.1) is 16.6 Å². The highest BCUT2D eigenvalue weighted by Crippen LogP contribution is 2.18. The third kappa shape index (κ3) is 2.69. The number of nitrogens with two attached hydrogens (primary N) is 1. The number of hydrogen-bond donors (Lipinski definition) is 2. The summed E-state index contributed by atoms with van der Waals surface area (Å²) in [5, 5.41) is 8.44. The predicted octanol–water partition coefficient (Wildman–Crippen LogP) is 2.33. The topological polar surface area (TPSA) is 71.9 Å². The summed E-state index contributed by atoms with van der Waals surface area (Å²) in [5.74, 6) is -0.651. The van der Waals surface area contributed by atoms with Crippen molar-refractivity contribution in [3.8, 4) is 0 Å². The Morgan fingerprint density at radius 2 is 2.00 bits per heavy atom. The van der Waals surface area contributed by atoms with Gasteiger partial charge in [0.2, 0.25) is 0 Å². The van der Waals surface area contributed by atoms with E-state index in [9.17, 15) is 4.79 Å². The second kappa shape index (κ2) is 5.28. The van der Waals surface area contributed by atoms with Gasteiger partial charge in [-0.1, -0.05) is 41.9 Å². The molecule has 4 nitrogen and oxygen atoms in total. The zero-order valence-electron chi connectivity index (χ0n) is 10.4. The molecule has 2 aromatic rings. The lowest BCUT2D eigenvalue weighted by molar-refractivity contribution is 0.0997. The zero-order chi connectivity index (χ0) is 14.0. The summed E-state index contributed by atoms with van der Waals surface area (Å²) in [5.41, 5.74) is 6.47. The number of halogens is 1. The van der Waals surface area contributed by atoms with Crippen LogP contribution in [0, 0.1) is 5.41 Å². The van der Waals surface area contributed by atoms with Gasteiger partial charge in [-0.2, -0.15) is 0 Å². The van der Waals surface area contributed by atoms with E-state index in [1.807, 2.05) is 37.3 Å². The molecule has 0 unspecified atom stereocenters. The van der Waals surface area contributed by atoms with Crippen LogP contribution in [-0.4, -0.2) is 10.5 Å². The van der Waals surface area contributed by atoms with E-state index in [4.69, 9.17) is 22.7 Å². The fourth-order valence-electron chi connectivity index (χ4n) is 1.97. The molecule has 5 heteroatoms. The van der Waals surface area contributed by atoms with Gasteiger partial charge in [-0.15, -0.1) is 0 Å². The first-order chi connectivity index (χ1) is 9.00. The molecule has 1 aromatic heterocycles. The number of amides is 1. The molecule has 0 radical (unpaired) electrons. The number of carbonyl (C=O) groups is 1. The fraction of sp³-hybridized carbons (Fsp3) is 0.143. The lowest BCUT2D eigenvalue weighted by Crippen LogP contribution is -2.31. The molecule has 19 heavy (non-hydrogen) atoms. The van der Waals surface area contributed by atoms with Crippen molar-refractivity contribution in [3.63, 3.8) is 0 Å². The maximum Gasteiger partial charge on any atom is 0.252 e. The molecule has 98 valence electrons. The van der Waals surface area contributed by atoms with Crippen LogP contribution in [0.5, 0.6) is 0 Å². The van der Waals surface area contributed by atoms with Gasteiger partial charge in [-0.05, 0) is 18.6 Å². The Hall–Kier alpha value is -2.07. The highest BCUT2D eigenvalue weighted by molar-refractivity contribution is 6.30. The standard InChI is InChI=1S/C14H14ClN3O/c1-9(10-5-3-2-4-6-10)18-8-11(15)7-12(13(18)16)14(17)19/h2-9,16H,1H3,(H2,17,19)/t9-/m0/s1. The van der Waals surface area contributed by atoms with Crippen LogP contribution in [0.1, 0.15) is 28.9 Å². The minimum Gasteiger partial charge on any atom is -0.365 e. The maximum absolute atomic E-state index is 11.3. The van der Waals surface area contributed by atoms with Crippen LogP contribution in [0.25, 0.3) is 0 Å². The van der Waals surface area contributed by atoms with Gasteiger partial charge in [-0.3, -0.25) is 10.2 Å². The third-order valence-electron chi connectivity index (χ3n) is 3.02. The normalized spacial score (nSPS) is 12.1. The lowest BCUT2D eigenvalue weighted by Gasteiger charge is -2.18. The van der Waals surface area contributed by atoms with E-state index in [0.717, 1.165) is 5.56 Å². The van der Waals surface area contributed by atoms with Crippen LogP contribution in [0.4, 0.5) is 0 Å². The van der Waals surface area contributed by atoms with Gasteiger partial charge >= 0.3 is 0 Å². The molecular formula is C14H14ClN3O. The monoisotopic (exact) mass is 275 g/mol. The summed E-state index contributed by atoms with van der Waals surface area (Å²) in [6, 6.07) is 11.0. The van der Waals surface area contributed by atoms with Gasteiger partial charge in [0.15, 0.2) is 0 Å². The summed E-state index contributed by atoms with van der Waals surface area (Å²) in [6.45, 7) is 1.94. The van der Waals surface area contributed by atoms with E-state index in [2.05, 4.69) is 0 Å². The smallest absolute Gasteiger partial charge is 0.252 e. The highest BCUT2D eigenvalue weighted by Gasteiger charge is 2.13. The molecule has 2 rings (SSSR count). The van der Waals surface area contributed by atoms with E-state index in [1.54, 1.807) is 10.8 Å². The van der Waals surface area contributed by atoms with Crippen LogP contribution >= 0.6 is 11.6 Å². The highest BCUT2D eigenvalue weighted by atomic mass is 35.5. The number of aromatic nitrogens is 1. The minimum absolute atomic E-state index is 0.0632. The van der Waals surface area contributed by atoms with Crippen molar-refractivity contribution in [2.75, 3.05) is 0 Å². The summed E-state index contributed by atoms with van der Waals surface area (Å²) < 4.78 is 1.64. The van der Waals surface area contributed by atoms with Gasteiger partial charge in [-0.25, -0.2) is 0 Å². The molecule has 3 N–H and O–H groups in total. The van der Waals surface area contributed by atoms with Gasteiger partial charge in [0.25, 0.3) is 5.91 Å². The fourth-order valence-corrected chi connectivity index (χ4v) is 2.18. The van der Waals surface area contributed by atoms with E-state index in [1.165, 1.54) is 6.07 Å². The van der Waals surface area contributed by atoms with Crippen LogP contribution in [0.15, 0.2) is 42.6 Å². The molecular weight excluding hydrogens is 262 g/mol. The van der Waals surface area contributed by atoms with E-state index in [-0.39, 0.29) is 17.1 Å². The van der Waals surface area contributed by atoms with Crippen molar-refractivity contribution in [1.29, 1.82) is 5.41 Å². The van der Waals surface area contributed by atoms with Crippen molar-refractivity contribution in [3.05, 3.63) is 64.2 Å². The first kappa shape index (κ1) is 13.4. The van der Waals surface area contributed by atoms with Crippen molar-refractivity contribution >= 4 is 17.5 Å². The van der Waals surface area contributed by atoms with Crippen LogP contribution < -0.4 is 11.2 Å². The van der Waals surface area contributed by atoms with E-state index >= 15 is 0 Å². The number of carbonyl (C=O) groups excluding carboxylic acids is 1. The second-order valence-corrected chi connectivity index (χ2v) is 4.72. The number of nitrogens with zero attached hydrogens (tertiary/aromatic N) is 1. The second-order valence-electron chi connectivity index (χ2n) is 4.28. The number of primary amides is 1. The molecule has 0 fully saturated rings.